The number of ether oxygens (including phenoxy) is 1. The van der Waals surface area contributed by atoms with Crippen molar-refractivity contribution in [3.8, 4) is 5.75 Å². The van der Waals surface area contributed by atoms with Crippen molar-refractivity contribution in [2.45, 2.75) is 33.7 Å². The van der Waals surface area contributed by atoms with Gasteiger partial charge in [0.2, 0.25) is 0 Å². The van der Waals surface area contributed by atoms with Crippen LogP contribution in [0.2, 0.25) is 0 Å². The molecule has 0 aliphatic carbocycles. The first-order chi connectivity index (χ1) is 7.02. The van der Waals surface area contributed by atoms with E-state index >= 15 is 0 Å². The lowest BCUT2D eigenvalue weighted by atomic mass is 10.1. The topological polar surface area (TPSA) is 35.2 Å². The molecule has 15 heavy (non-hydrogen) atoms. The van der Waals surface area contributed by atoms with Gasteiger partial charge in [0.15, 0.2) is 0 Å². The van der Waals surface area contributed by atoms with Crippen molar-refractivity contribution in [1.82, 2.24) is 0 Å². The molecule has 1 atom stereocenters. The van der Waals surface area contributed by atoms with Gasteiger partial charge in [-0.1, -0.05) is 26.0 Å². The average molecular weight is 207 g/mol. The summed E-state index contributed by atoms with van der Waals surface area (Å²) in [6, 6.07) is 6.20. The third kappa shape index (κ3) is 3.24. The number of nitrogens with two attached hydrogens (primary N) is 1. The van der Waals surface area contributed by atoms with E-state index in [1.165, 1.54) is 11.1 Å². The molecule has 0 spiro atoms. The Kier molecular flexibility index (Phi) is 4.15. The van der Waals surface area contributed by atoms with Crippen molar-refractivity contribution in [2.24, 2.45) is 11.7 Å². The van der Waals surface area contributed by atoms with Gasteiger partial charge in [0, 0.05) is 6.04 Å². The SMILES string of the molecule is Cc1cccc(OC[C@H](N)C(C)C)c1C. The van der Waals surface area contributed by atoms with Crippen molar-refractivity contribution < 1.29 is 4.74 Å². The van der Waals surface area contributed by atoms with Crippen molar-refractivity contribution in [3.05, 3.63) is 29.3 Å². The Morgan fingerprint density at radius 1 is 1.27 bits per heavy atom. The van der Waals surface area contributed by atoms with Crippen LogP contribution in [0.5, 0.6) is 5.75 Å². The lowest BCUT2D eigenvalue weighted by Gasteiger charge is -2.17. The fraction of sp³-hybridized carbons (Fsp3) is 0.538. The zero-order valence-electron chi connectivity index (χ0n) is 10.1. The van der Waals surface area contributed by atoms with Gasteiger partial charge >= 0.3 is 0 Å². The van der Waals surface area contributed by atoms with E-state index in [4.69, 9.17) is 10.5 Å². The van der Waals surface area contributed by atoms with Crippen LogP contribution in [0, 0.1) is 19.8 Å². The lowest BCUT2D eigenvalue weighted by Crippen LogP contribution is -2.33. The van der Waals surface area contributed by atoms with E-state index < -0.39 is 0 Å². The van der Waals surface area contributed by atoms with Crippen LogP contribution in [0.4, 0.5) is 0 Å². The minimum Gasteiger partial charge on any atom is -0.492 e. The quantitative estimate of drug-likeness (QED) is 0.823. The third-order valence-electron chi connectivity index (χ3n) is 2.84. The molecular formula is C13H21NO. The molecule has 0 heterocycles. The predicted molar refractivity (Wildman–Crippen MR) is 64.2 cm³/mol. The van der Waals surface area contributed by atoms with E-state index in [0.29, 0.717) is 12.5 Å². The molecule has 2 nitrogen and oxygen atoms in total. The van der Waals surface area contributed by atoms with Gasteiger partial charge in [-0.05, 0) is 37.0 Å². The minimum atomic E-state index is 0.102. The van der Waals surface area contributed by atoms with E-state index in [-0.39, 0.29) is 6.04 Å². The molecule has 1 aromatic rings. The number of aryl methyl sites for hydroxylation is 1. The largest absolute Gasteiger partial charge is 0.492 e. The zero-order valence-corrected chi connectivity index (χ0v) is 10.1. The van der Waals surface area contributed by atoms with Gasteiger partial charge in [-0.3, -0.25) is 0 Å². The monoisotopic (exact) mass is 207 g/mol. The van der Waals surface area contributed by atoms with Crippen molar-refractivity contribution in [1.29, 1.82) is 0 Å². The second-order valence-corrected chi connectivity index (χ2v) is 4.42. The number of benzene rings is 1. The van der Waals surface area contributed by atoms with Crippen LogP contribution in [0.25, 0.3) is 0 Å². The molecule has 1 rings (SSSR count). The average Bonchev–Trinajstić information content (AvgIpc) is 2.19. The van der Waals surface area contributed by atoms with Gasteiger partial charge < -0.3 is 10.5 Å². The normalized spacial score (nSPS) is 12.9. The van der Waals surface area contributed by atoms with E-state index in [2.05, 4.69) is 33.8 Å². The summed E-state index contributed by atoms with van der Waals surface area (Å²) in [4.78, 5) is 0. The Hall–Kier alpha value is -1.02. The highest BCUT2D eigenvalue weighted by Gasteiger charge is 2.09. The molecule has 0 bridgehead atoms. The second kappa shape index (κ2) is 5.17. The molecule has 0 aromatic heterocycles. The maximum absolute atomic E-state index is 5.93. The molecule has 0 fully saturated rings. The fourth-order valence-corrected chi connectivity index (χ4v) is 1.26. The summed E-state index contributed by atoms with van der Waals surface area (Å²) in [5.41, 5.74) is 8.38. The Bertz CT molecular complexity index is 320. The summed E-state index contributed by atoms with van der Waals surface area (Å²) < 4.78 is 5.72. The van der Waals surface area contributed by atoms with E-state index in [9.17, 15) is 0 Å². The molecule has 2 N–H and O–H groups in total. The van der Waals surface area contributed by atoms with Crippen LogP contribution < -0.4 is 10.5 Å². The summed E-state index contributed by atoms with van der Waals surface area (Å²) in [6.45, 7) is 8.96. The summed E-state index contributed by atoms with van der Waals surface area (Å²) >= 11 is 0. The van der Waals surface area contributed by atoms with Gasteiger partial charge in [-0.25, -0.2) is 0 Å². The summed E-state index contributed by atoms with van der Waals surface area (Å²) in [7, 11) is 0. The summed E-state index contributed by atoms with van der Waals surface area (Å²) in [6.07, 6.45) is 0. The smallest absolute Gasteiger partial charge is 0.122 e. The molecule has 0 unspecified atom stereocenters. The Morgan fingerprint density at radius 2 is 1.93 bits per heavy atom. The van der Waals surface area contributed by atoms with Gasteiger partial charge in [0.05, 0.1) is 0 Å². The standard InChI is InChI=1S/C13H21NO/c1-9(2)12(14)8-15-13-7-5-6-10(3)11(13)4/h5-7,9,12H,8,14H2,1-4H3/t12-/m0/s1. The first-order valence-corrected chi connectivity index (χ1v) is 5.47. The van der Waals surface area contributed by atoms with Crippen LogP contribution >= 0.6 is 0 Å². The molecule has 1 aromatic carbocycles. The van der Waals surface area contributed by atoms with Crippen LogP contribution in [0.3, 0.4) is 0 Å². The highest BCUT2D eigenvalue weighted by Crippen LogP contribution is 2.20. The molecule has 84 valence electrons. The Balaban J connectivity index is 2.62. The predicted octanol–water partition coefficient (Wildman–Crippen LogP) is 2.67. The Morgan fingerprint density at radius 3 is 2.53 bits per heavy atom. The van der Waals surface area contributed by atoms with Gasteiger partial charge in [-0.2, -0.15) is 0 Å². The molecule has 0 aliphatic heterocycles. The fourth-order valence-electron chi connectivity index (χ4n) is 1.26. The first-order valence-electron chi connectivity index (χ1n) is 5.47. The molecule has 0 radical (unpaired) electrons. The van der Waals surface area contributed by atoms with Crippen molar-refractivity contribution in [3.63, 3.8) is 0 Å². The maximum atomic E-state index is 5.93. The van der Waals surface area contributed by atoms with E-state index in [1.807, 2.05) is 12.1 Å². The van der Waals surface area contributed by atoms with Gasteiger partial charge in [0.1, 0.15) is 12.4 Å². The van der Waals surface area contributed by atoms with Gasteiger partial charge in [-0.15, -0.1) is 0 Å². The molecule has 2 heteroatoms. The third-order valence-corrected chi connectivity index (χ3v) is 2.84. The molecule has 0 aliphatic rings. The number of hydrogen-bond acceptors (Lipinski definition) is 2. The lowest BCUT2D eigenvalue weighted by molar-refractivity contribution is 0.258. The van der Waals surface area contributed by atoms with Crippen LogP contribution in [-0.2, 0) is 0 Å². The minimum absolute atomic E-state index is 0.102. The van der Waals surface area contributed by atoms with E-state index in [1.54, 1.807) is 0 Å². The van der Waals surface area contributed by atoms with Crippen LogP contribution in [-0.4, -0.2) is 12.6 Å². The van der Waals surface area contributed by atoms with Crippen molar-refractivity contribution in [2.75, 3.05) is 6.61 Å². The van der Waals surface area contributed by atoms with Crippen molar-refractivity contribution >= 4 is 0 Å². The Labute approximate surface area is 92.4 Å². The summed E-state index contributed by atoms with van der Waals surface area (Å²) in [5, 5.41) is 0. The highest BCUT2D eigenvalue weighted by atomic mass is 16.5. The molecular weight excluding hydrogens is 186 g/mol. The first kappa shape index (κ1) is 12.1. The molecule has 0 saturated heterocycles. The summed E-state index contributed by atoms with van der Waals surface area (Å²) in [5.74, 6) is 1.40. The maximum Gasteiger partial charge on any atom is 0.122 e. The number of hydrogen-bond donors (Lipinski definition) is 1. The molecule has 0 amide bonds. The number of rotatable bonds is 4. The zero-order chi connectivity index (χ0) is 11.4. The van der Waals surface area contributed by atoms with Gasteiger partial charge in [0.25, 0.3) is 0 Å². The van der Waals surface area contributed by atoms with Crippen LogP contribution in [0.1, 0.15) is 25.0 Å². The van der Waals surface area contributed by atoms with Crippen LogP contribution in [0.15, 0.2) is 18.2 Å². The molecule has 0 saturated carbocycles. The second-order valence-electron chi connectivity index (χ2n) is 4.42. The van der Waals surface area contributed by atoms with E-state index in [0.717, 1.165) is 5.75 Å². The highest BCUT2D eigenvalue weighted by molar-refractivity contribution is 5.38.